The van der Waals surface area contributed by atoms with Crippen LogP contribution in [0.4, 0.5) is 0 Å². The first kappa shape index (κ1) is 13.8. The first-order valence-corrected chi connectivity index (χ1v) is 7.38. The Balaban J connectivity index is 2.10. The van der Waals surface area contributed by atoms with E-state index in [1.807, 2.05) is 12.3 Å². The van der Waals surface area contributed by atoms with E-state index in [4.69, 9.17) is 4.42 Å². The lowest BCUT2D eigenvalue weighted by Gasteiger charge is -2.02. The maximum atomic E-state index is 5.67. The van der Waals surface area contributed by atoms with Crippen LogP contribution in [0.1, 0.15) is 18.9 Å². The van der Waals surface area contributed by atoms with Gasteiger partial charge < -0.3 is 4.42 Å². The molecule has 103 valence electrons. The predicted molar refractivity (Wildman–Crippen MR) is 91.5 cm³/mol. The van der Waals surface area contributed by atoms with Gasteiger partial charge in [0.25, 0.3) is 0 Å². The highest BCUT2D eigenvalue weighted by Crippen LogP contribution is 2.29. The summed E-state index contributed by atoms with van der Waals surface area (Å²) >= 11 is 0. The van der Waals surface area contributed by atoms with E-state index in [1.165, 1.54) is 22.0 Å². The summed E-state index contributed by atoms with van der Waals surface area (Å²) in [6, 6.07) is 16.8. The molecule has 1 heterocycles. The molecule has 1 aromatic heterocycles. The quantitative estimate of drug-likeness (QED) is 0.563. The van der Waals surface area contributed by atoms with Crippen LogP contribution in [-0.4, -0.2) is 7.28 Å². The molecule has 0 atom stereocenters. The van der Waals surface area contributed by atoms with Crippen molar-refractivity contribution < 1.29 is 4.42 Å². The van der Waals surface area contributed by atoms with Crippen molar-refractivity contribution in [2.45, 2.75) is 20.2 Å². The number of rotatable bonds is 4. The van der Waals surface area contributed by atoms with Gasteiger partial charge in [-0.3, -0.25) is 0 Å². The minimum Gasteiger partial charge on any atom is -0.464 e. The Kier molecular flexibility index (Phi) is 3.96. The Morgan fingerprint density at radius 2 is 1.90 bits per heavy atom. The molecule has 21 heavy (non-hydrogen) atoms. The molecular formula is C19H18BO. The summed E-state index contributed by atoms with van der Waals surface area (Å²) in [5.41, 5.74) is 5.86. The largest absolute Gasteiger partial charge is 0.464 e. The van der Waals surface area contributed by atoms with Gasteiger partial charge in [-0.1, -0.05) is 56.2 Å². The molecule has 0 fully saturated rings. The van der Waals surface area contributed by atoms with Gasteiger partial charge in [-0.15, -0.1) is 5.47 Å². The van der Waals surface area contributed by atoms with Crippen molar-refractivity contribution in [2.75, 3.05) is 0 Å². The summed E-state index contributed by atoms with van der Waals surface area (Å²) in [6.07, 6.45) is 5.08. The molecule has 0 saturated carbocycles. The SMILES string of the molecule is C[B]/C(=C/c1coc2ccc(-c3ccccc3)cc12)CC. The Bertz CT molecular complexity index is 763. The molecule has 0 bridgehead atoms. The molecule has 1 radical (unpaired) electrons. The highest BCUT2D eigenvalue weighted by atomic mass is 16.3. The first-order chi connectivity index (χ1) is 10.3. The van der Waals surface area contributed by atoms with E-state index in [-0.39, 0.29) is 0 Å². The molecule has 0 aliphatic rings. The maximum absolute atomic E-state index is 5.67. The summed E-state index contributed by atoms with van der Waals surface area (Å²) in [7, 11) is 2.15. The fourth-order valence-corrected chi connectivity index (χ4v) is 2.56. The van der Waals surface area contributed by atoms with Crippen LogP contribution < -0.4 is 0 Å². The van der Waals surface area contributed by atoms with Crippen LogP contribution in [-0.2, 0) is 0 Å². The monoisotopic (exact) mass is 273 g/mol. The van der Waals surface area contributed by atoms with E-state index in [2.05, 4.69) is 69.6 Å². The Hall–Kier alpha value is -2.22. The molecule has 0 saturated heterocycles. The lowest BCUT2D eigenvalue weighted by atomic mass is 9.70. The Labute approximate surface area is 126 Å². The average Bonchev–Trinajstić information content (AvgIpc) is 2.95. The van der Waals surface area contributed by atoms with Gasteiger partial charge in [-0.2, -0.15) is 0 Å². The summed E-state index contributed by atoms with van der Waals surface area (Å²) in [6.45, 7) is 4.25. The summed E-state index contributed by atoms with van der Waals surface area (Å²) < 4.78 is 5.67. The van der Waals surface area contributed by atoms with Crippen molar-refractivity contribution in [2.24, 2.45) is 0 Å². The van der Waals surface area contributed by atoms with Crippen molar-refractivity contribution >= 4 is 24.3 Å². The zero-order chi connectivity index (χ0) is 14.7. The Morgan fingerprint density at radius 3 is 2.62 bits per heavy atom. The van der Waals surface area contributed by atoms with Crippen LogP contribution in [0.25, 0.3) is 28.2 Å². The van der Waals surface area contributed by atoms with Crippen molar-refractivity contribution in [3.8, 4) is 11.1 Å². The van der Waals surface area contributed by atoms with Gasteiger partial charge in [0.2, 0.25) is 0 Å². The van der Waals surface area contributed by atoms with E-state index >= 15 is 0 Å². The number of hydrogen-bond donors (Lipinski definition) is 0. The van der Waals surface area contributed by atoms with Gasteiger partial charge in [-0.05, 0) is 29.7 Å². The molecule has 2 aromatic carbocycles. The second-order valence-corrected chi connectivity index (χ2v) is 5.13. The summed E-state index contributed by atoms with van der Waals surface area (Å²) in [5, 5.41) is 1.17. The zero-order valence-electron chi connectivity index (χ0n) is 12.5. The molecule has 0 aliphatic carbocycles. The molecule has 3 rings (SSSR count). The third-order valence-electron chi connectivity index (χ3n) is 3.83. The first-order valence-electron chi connectivity index (χ1n) is 7.38. The highest BCUT2D eigenvalue weighted by Gasteiger charge is 2.07. The lowest BCUT2D eigenvalue weighted by Crippen LogP contribution is -1.88. The molecule has 0 aliphatic heterocycles. The minimum atomic E-state index is 0.937. The number of fused-ring (bicyclic) bond motifs is 1. The summed E-state index contributed by atoms with van der Waals surface area (Å²) in [5.74, 6) is 0. The molecular weight excluding hydrogens is 255 g/mol. The van der Waals surface area contributed by atoms with Gasteiger partial charge in [0, 0.05) is 10.9 Å². The van der Waals surface area contributed by atoms with Crippen LogP contribution in [0, 0.1) is 0 Å². The van der Waals surface area contributed by atoms with Crippen molar-refractivity contribution in [3.05, 3.63) is 65.8 Å². The zero-order valence-corrected chi connectivity index (χ0v) is 12.5. The van der Waals surface area contributed by atoms with Gasteiger partial charge >= 0.3 is 0 Å². The third kappa shape index (κ3) is 2.80. The fourth-order valence-electron chi connectivity index (χ4n) is 2.56. The smallest absolute Gasteiger partial charge is 0.142 e. The molecule has 0 amide bonds. The Morgan fingerprint density at radius 1 is 1.10 bits per heavy atom. The van der Waals surface area contributed by atoms with Crippen LogP contribution in [0.2, 0.25) is 6.82 Å². The van der Waals surface area contributed by atoms with Crippen molar-refractivity contribution in [3.63, 3.8) is 0 Å². The van der Waals surface area contributed by atoms with Crippen molar-refractivity contribution in [1.82, 2.24) is 0 Å². The third-order valence-corrected chi connectivity index (χ3v) is 3.83. The fraction of sp³-hybridized carbons (Fsp3) is 0.158. The standard InChI is InChI=1S/C19H18BO/c1-3-17(20-2)11-16-13-21-19-10-9-15(12-18(16)19)14-7-5-4-6-8-14/h4-13H,3H2,1-2H3/b17-11+. The van der Waals surface area contributed by atoms with Gasteiger partial charge in [-0.25, -0.2) is 0 Å². The maximum Gasteiger partial charge on any atom is 0.142 e. The van der Waals surface area contributed by atoms with Crippen LogP contribution in [0.5, 0.6) is 0 Å². The van der Waals surface area contributed by atoms with Gasteiger partial charge in [0.05, 0.1) is 6.26 Å². The minimum absolute atomic E-state index is 0.937. The predicted octanol–water partition coefficient (Wildman–Crippen LogP) is 5.60. The molecule has 2 heteroatoms. The molecule has 3 aromatic rings. The van der Waals surface area contributed by atoms with Gasteiger partial charge in [0.15, 0.2) is 0 Å². The summed E-state index contributed by atoms with van der Waals surface area (Å²) in [4.78, 5) is 0. The van der Waals surface area contributed by atoms with E-state index in [0.29, 0.717) is 0 Å². The highest BCUT2D eigenvalue weighted by molar-refractivity contribution is 6.45. The van der Waals surface area contributed by atoms with E-state index < -0.39 is 0 Å². The normalized spacial score (nSPS) is 11.8. The number of furan rings is 1. The second kappa shape index (κ2) is 6.05. The molecule has 0 N–H and O–H groups in total. The van der Waals surface area contributed by atoms with Crippen molar-refractivity contribution in [1.29, 1.82) is 0 Å². The topological polar surface area (TPSA) is 13.1 Å². The number of allylic oxidation sites excluding steroid dienone is 1. The lowest BCUT2D eigenvalue weighted by molar-refractivity contribution is 0.615. The molecule has 1 nitrogen and oxygen atoms in total. The number of hydrogen-bond acceptors (Lipinski definition) is 1. The van der Waals surface area contributed by atoms with E-state index in [1.54, 1.807) is 0 Å². The van der Waals surface area contributed by atoms with Crippen LogP contribution in [0.15, 0.2) is 64.7 Å². The van der Waals surface area contributed by atoms with E-state index in [0.717, 1.165) is 17.6 Å². The average molecular weight is 273 g/mol. The molecule has 0 unspecified atom stereocenters. The number of benzene rings is 2. The second-order valence-electron chi connectivity index (χ2n) is 5.13. The van der Waals surface area contributed by atoms with Crippen LogP contribution in [0.3, 0.4) is 0 Å². The van der Waals surface area contributed by atoms with Gasteiger partial charge in [0.1, 0.15) is 12.9 Å². The van der Waals surface area contributed by atoms with E-state index in [9.17, 15) is 0 Å². The molecule has 0 spiro atoms. The van der Waals surface area contributed by atoms with Crippen LogP contribution >= 0.6 is 0 Å².